The van der Waals surface area contributed by atoms with E-state index < -0.39 is 29.9 Å². The number of hydrogen-bond acceptors (Lipinski definition) is 6. The molecule has 4 rings (SSSR count). The Morgan fingerprint density at radius 1 is 0.930 bits per heavy atom. The Morgan fingerprint density at radius 2 is 1.65 bits per heavy atom. The minimum atomic E-state index is -1.14. The van der Waals surface area contributed by atoms with E-state index in [4.69, 9.17) is 4.74 Å². The van der Waals surface area contributed by atoms with Crippen molar-refractivity contribution in [2.45, 2.75) is 50.2 Å². The van der Waals surface area contributed by atoms with Gasteiger partial charge in [-0.15, -0.1) is 0 Å². The van der Waals surface area contributed by atoms with E-state index in [1.54, 1.807) is 0 Å². The highest BCUT2D eigenvalue weighted by Crippen LogP contribution is 2.20. The average Bonchev–Trinajstić information content (AvgIpc) is 3.01. The highest BCUT2D eigenvalue weighted by Gasteiger charge is 2.31. The highest BCUT2D eigenvalue weighted by atomic mass is 16.5. The topological polar surface area (TPSA) is 143 Å². The minimum absolute atomic E-state index is 0.0813. The van der Waals surface area contributed by atoms with Crippen LogP contribution >= 0.6 is 0 Å². The minimum Gasteiger partial charge on any atom is -0.382 e. The van der Waals surface area contributed by atoms with E-state index >= 15 is 0 Å². The Bertz CT molecular complexity index is 1420. The molecule has 3 aromatic rings. The highest BCUT2D eigenvalue weighted by molar-refractivity contribution is 5.94. The summed E-state index contributed by atoms with van der Waals surface area (Å²) in [7, 11) is 1.39. The van der Waals surface area contributed by atoms with E-state index in [0.717, 1.165) is 28.3 Å². The molecule has 1 aliphatic heterocycles. The van der Waals surface area contributed by atoms with Gasteiger partial charge in [0.15, 0.2) is 0 Å². The smallest absolute Gasteiger partial charge is 0.245 e. The van der Waals surface area contributed by atoms with Crippen molar-refractivity contribution >= 4 is 40.7 Å². The number of fused-ring (bicyclic) bond motifs is 1. The second kappa shape index (κ2) is 15.6. The van der Waals surface area contributed by atoms with Crippen LogP contribution in [0.2, 0.25) is 0 Å². The molecule has 10 heteroatoms. The van der Waals surface area contributed by atoms with Gasteiger partial charge in [-0.05, 0) is 41.2 Å². The zero-order chi connectivity index (χ0) is 30.6. The van der Waals surface area contributed by atoms with Crippen LogP contribution in [0.3, 0.4) is 0 Å². The Hall–Kier alpha value is -4.57. The summed E-state index contributed by atoms with van der Waals surface area (Å²) in [4.78, 5) is 64.0. The molecule has 0 aromatic heterocycles. The first-order chi connectivity index (χ1) is 20.9. The second-order valence-corrected chi connectivity index (χ2v) is 10.8. The Morgan fingerprint density at radius 3 is 2.40 bits per heavy atom. The number of aldehydes is 1. The van der Waals surface area contributed by atoms with Gasteiger partial charge in [-0.25, -0.2) is 0 Å². The van der Waals surface area contributed by atoms with Crippen molar-refractivity contribution in [2.75, 3.05) is 20.3 Å². The Labute approximate surface area is 250 Å². The molecule has 226 valence electrons. The number of ether oxygens (including phenoxy) is 1. The number of benzene rings is 3. The van der Waals surface area contributed by atoms with E-state index in [2.05, 4.69) is 21.3 Å². The van der Waals surface area contributed by atoms with Gasteiger partial charge in [0.05, 0.1) is 19.1 Å². The summed E-state index contributed by atoms with van der Waals surface area (Å²) in [6.07, 6.45) is 2.45. The zero-order valence-electron chi connectivity index (χ0n) is 24.2. The molecule has 0 saturated carbocycles. The van der Waals surface area contributed by atoms with Gasteiger partial charge >= 0.3 is 0 Å². The number of methoxy groups -OCH3 is 1. The summed E-state index contributed by atoms with van der Waals surface area (Å²) in [5, 5.41) is 12.9. The first-order valence-corrected chi connectivity index (χ1v) is 14.5. The van der Waals surface area contributed by atoms with Gasteiger partial charge in [-0.2, -0.15) is 0 Å². The fraction of sp³-hybridized carbons (Fsp3) is 0.364. The molecule has 1 fully saturated rings. The SMILES string of the molecule is COC[C@H](NC(=O)[C@H](Cc1cccc2ccccc12)NC(=O)Cc1ccccc1)C(=O)N[C@H](C=O)C[C@@H]1CCCNC1=O. The van der Waals surface area contributed by atoms with Crippen LogP contribution in [0, 0.1) is 5.92 Å². The normalized spacial score (nSPS) is 16.8. The molecule has 0 bridgehead atoms. The van der Waals surface area contributed by atoms with Crippen molar-refractivity contribution in [1.82, 2.24) is 21.3 Å². The van der Waals surface area contributed by atoms with Gasteiger partial charge in [-0.1, -0.05) is 72.8 Å². The van der Waals surface area contributed by atoms with E-state index in [1.807, 2.05) is 72.8 Å². The van der Waals surface area contributed by atoms with Crippen molar-refractivity contribution in [2.24, 2.45) is 5.92 Å². The van der Waals surface area contributed by atoms with Gasteiger partial charge in [0.25, 0.3) is 0 Å². The molecular formula is C33H38N4O6. The standard InChI is InChI=1S/C33H38N4O6/c1-43-21-29(33(42)35-26(20-38)18-25-14-8-16-34-31(25)40)37-32(41)28(36-30(39)17-22-9-3-2-4-10-22)19-24-13-7-12-23-11-5-6-15-27(23)24/h2-7,9-13,15,20,25-26,28-29H,8,14,16-19,21H2,1H3,(H,34,40)(H,35,42)(H,36,39)(H,37,41)/t25-,26-,28-,29-/m0/s1. The lowest BCUT2D eigenvalue weighted by Gasteiger charge is -2.26. The Kier molecular flexibility index (Phi) is 11.4. The zero-order valence-corrected chi connectivity index (χ0v) is 24.2. The van der Waals surface area contributed by atoms with E-state index in [9.17, 15) is 24.0 Å². The van der Waals surface area contributed by atoms with Crippen molar-refractivity contribution < 1.29 is 28.7 Å². The number of rotatable bonds is 14. The number of amides is 4. The van der Waals surface area contributed by atoms with Crippen molar-refractivity contribution in [3.8, 4) is 0 Å². The van der Waals surface area contributed by atoms with E-state index in [1.165, 1.54) is 7.11 Å². The maximum absolute atomic E-state index is 13.7. The lowest BCUT2D eigenvalue weighted by Crippen LogP contribution is -2.57. The van der Waals surface area contributed by atoms with Crippen molar-refractivity contribution in [3.05, 3.63) is 83.9 Å². The summed E-state index contributed by atoms with van der Waals surface area (Å²) in [5.74, 6) is -2.06. The van der Waals surface area contributed by atoms with Crippen LogP contribution < -0.4 is 21.3 Å². The molecule has 43 heavy (non-hydrogen) atoms. The van der Waals surface area contributed by atoms with Gasteiger partial charge in [0.1, 0.15) is 18.4 Å². The lowest BCUT2D eigenvalue weighted by atomic mass is 9.92. The molecule has 1 aliphatic rings. The summed E-state index contributed by atoms with van der Waals surface area (Å²) < 4.78 is 5.21. The molecule has 3 aromatic carbocycles. The van der Waals surface area contributed by atoms with Crippen molar-refractivity contribution in [3.63, 3.8) is 0 Å². The maximum Gasteiger partial charge on any atom is 0.245 e. The largest absolute Gasteiger partial charge is 0.382 e. The molecule has 0 unspecified atom stereocenters. The molecule has 1 heterocycles. The summed E-state index contributed by atoms with van der Waals surface area (Å²) in [5.41, 5.74) is 1.66. The Balaban J connectivity index is 1.49. The summed E-state index contributed by atoms with van der Waals surface area (Å²) in [6.45, 7) is 0.434. The summed E-state index contributed by atoms with van der Waals surface area (Å²) >= 11 is 0. The van der Waals surface area contributed by atoms with Crippen LogP contribution in [0.5, 0.6) is 0 Å². The van der Waals surface area contributed by atoms with Crippen LogP contribution in [0.15, 0.2) is 72.8 Å². The number of hydrogen-bond donors (Lipinski definition) is 4. The second-order valence-electron chi connectivity index (χ2n) is 10.8. The average molecular weight is 587 g/mol. The van der Waals surface area contributed by atoms with Gasteiger partial charge in [0, 0.05) is 26.0 Å². The third kappa shape index (κ3) is 8.96. The van der Waals surface area contributed by atoms with Crippen LogP contribution in [0.1, 0.15) is 30.4 Å². The fourth-order valence-electron chi connectivity index (χ4n) is 5.35. The monoisotopic (exact) mass is 586 g/mol. The molecule has 4 amide bonds. The summed E-state index contributed by atoms with van der Waals surface area (Å²) in [6, 6.07) is 19.7. The maximum atomic E-state index is 13.7. The molecule has 0 aliphatic carbocycles. The van der Waals surface area contributed by atoms with Crippen LogP contribution in [0.4, 0.5) is 0 Å². The quantitative estimate of drug-likeness (QED) is 0.212. The van der Waals surface area contributed by atoms with E-state index in [0.29, 0.717) is 19.3 Å². The van der Waals surface area contributed by atoms with Gasteiger partial charge in [0.2, 0.25) is 23.6 Å². The molecule has 0 radical (unpaired) electrons. The predicted molar refractivity (Wildman–Crippen MR) is 162 cm³/mol. The number of piperidine rings is 1. The molecule has 1 saturated heterocycles. The third-order valence-corrected chi connectivity index (χ3v) is 7.56. The van der Waals surface area contributed by atoms with Crippen LogP contribution in [0.25, 0.3) is 10.8 Å². The molecule has 4 N–H and O–H groups in total. The fourth-order valence-corrected chi connectivity index (χ4v) is 5.35. The van der Waals surface area contributed by atoms with Crippen LogP contribution in [-0.2, 0) is 41.6 Å². The molecular weight excluding hydrogens is 548 g/mol. The van der Waals surface area contributed by atoms with Crippen LogP contribution in [-0.4, -0.2) is 68.3 Å². The van der Waals surface area contributed by atoms with Gasteiger partial charge in [-0.3, -0.25) is 19.2 Å². The van der Waals surface area contributed by atoms with E-state index in [-0.39, 0.29) is 43.6 Å². The number of carbonyl (C=O) groups excluding carboxylic acids is 5. The lowest BCUT2D eigenvalue weighted by molar-refractivity contribution is -0.134. The first kappa shape index (κ1) is 31.4. The van der Waals surface area contributed by atoms with Crippen molar-refractivity contribution in [1.29, 1.82) is 0 Å². The molecule has 10 nitrogen and oxygen atoms in total. The molecule has 0 spiro atoms. The van der Waals surface area contributed by atoms with Gasteiger partial charge < -0.3 is 30.8 Å². The molecule has 4 atom stereocenters. The predicted octanol–water partition coefficient (Wildman–Crippen LogP) is 1.84. The number of carbonyl (C=O) groups is 5. The third-order valence-electron chi connectivity index (χ3n) is 7.56. The number of nitrogens with one attached hydrogen (secondary N) is 4. The first-order valence-electron chi connectivity index (χ1n) is 14.5.